The molecule has 0 unspecified atom stereocenters. The van der Waals surface area contributed by atoms with E-state index in [0.717, 1.165) is 13.0 Å². The zero-order chi connectivity index (χ0) is 10.6. The Kier molecular flexibility index (Phi) is 3.69. The van der Waals surface area contributed by atoms with Crippen LogP contribution in [0.15, 0.2) is 24.3 Å². The van der Waals surface area contributed by atoms with Crippen LogP contribution in [0.2, 0.25) is 0 Å². The van der Waals surface area contributed by atoms with E-state index in [1.807, 2.05) is 18.9 Å². The summed E-state index contributed by atoms with van der Waals surface area (Å²) in [6, 6.07) is 8.43. The van der Waals surface area contributed by atoms with E-state index in [-0.39, 0.29) is 0 Å². The van der Waals surface area contributed by atoms with Crippen LogP contribution in [-0.4, -0.2) is 17.8 Å². The van der Waals surface area contributed by atoms with Gasteiger partial charge in [-0.25, -0.2) is 0 Å². The topological polar surface area (TPSA) is 27.1 Å². The molecule has 2 heteroatoms. The molecule has 0 aliphatic heterocycles. The summed E-state index contributed by atoms with van der Waals surface area (Å²) >= 11 is 0. The minimum Gasteiger partial charge on any atom is -0.359 e. The fourth-order valence-electron chi connectivity index (χ4n) is 1.45. The van der Waals surface area contributed by atoms with E-state index in [2.05, 4.69) is 31.2 Å². The van der Waals surface area contributed by atoms with Gasteiger partial charge in [-0.3, -0.25) is 5.41 Å². The average Bonchev–Trinajstić information content (AvgIpc) is 2.16. The molecule has 0 saturated carbocycles. The zero-order valence-electron chi connectivity index (χ0n) is 9.17. The van der Waals surface area contributed by atoms with Crippen molar-refractivity contribution in [2.75, 3.05) is 7.05 Å². The molecule has 0 aromatic heterocycles. The number of nitrogens with one attached hydrogen (secondary N) is 1. The van der Waals surface area contributed by atoms with Crippen LogP contribution in [0.3, 0.4) is 0 Å². The molecule has 1 rings (SSSR count). The van der Waals surface area contributed by atoms with Crippen LogP contribution >= 0.6 is 0 Å². The van der Waals surface area contributed by atoms with Gasteiger partial charge in [0, 0.05) is 20.0 Å². The molecule has 0 amide bonds. The summed E-state index contributed by atoms with van der Waals surface area (Å²) in [6.07, 6.45) is 0.794. The van der Waals surface area contributed by atoms with Gasteiger partial charge in [0.1, 0.15) is 0 Å². The monoisotopic (exact) mass is 190 g/mol. The second kappa shape index (κ2) is 4.80. The highest BCUT2D eigenvalue weighted by Crippen LogP contribution is 2.07. The number of benzene rings is 1. The lowest BCUT2D eigenvalue weighted by Crippen LogP contribution is -2.24. The van der Waals surface area contributed by atoms with Crippen LogP contribution in [0.25, 0.3) is 0 Å². The molecule has 0 spiro atoms. The molecule has 1 aromatic carbocycles. The SMILES string of the molecule is CCC(=N)N(C)Cc1cccc(C)c1. The van der Waals surface area contributed by atoms with E-state index in [1.54, 1.807) is 0 Å². The van der Waals surface area contributed by atoms with E-state index in [1.165, 1.54) is 11.1 Å². The van der Waals surface area contributed by atoms with Gasteiger partial charge in [0.2, 0.25) is 0 Å². The van der Waals surface area contributed by atoms with Crippen LogP contribution in [0.5, 0.6) is 0 Å². The third kappa shape index (κ3) is 2.87. The summed E-state index contributed by atoms with van der Waals surface area (Å²) in [6.45, 7) is 4.93. The first-order valence-electron chi connectivity index (χ1n) is 4.97. The summed E-state index contributed by atoms with van der Waals surface area (Å²) in [5.74, 6) is 0.687. The summed E-state index contributed by atoms with van der Waals surface area (Å²) in [5, 5.41) is 7.67. The van der Waals surface area contributed by atoms with Gasteiger partial charge >= 0.3 is 0 Å². The fourth-order valence-corrected chi connectivity index (χ4v) is 1.45. The lowest BCUT2D eigenvalue weighted by Gasteiger charge is -2.19. The Labute approximate surface area is 86.1 Å². The molecule has 0 aliphatic carbocycles. The van der Waals surface area contributed by atoms with E-state index in [9.17, 15) is 0 Å². The van der Waals surface area contributed by atoms with Crippen molar-refractivity contribution >= 4 is 5.84 Å². The van der Waals surface area contributed by atoms with Crippen LogP contribution in [0, 0.1) is 12.3 Å². The van der Waals surface area contributed by atoms with Crippen molar-refractivity contribution in [3.63, 3.8) is 0 Å². The highest BCUT2D eigenvalue weighted by Gasteiger charge is 2.02. The zero-order valence-corrected chi connectivity index (χ0v) is 9.17. The van der Waals surface area contributed by atoms with Crippen molar-refractivity contribution in [1.29, 1.82) is 5.41 Å². The minimum atomic E-state index is 0.687. The highest BCUT2D eigenvalue weighted by atomic mass is 15.1. The molecule has 0 fully saturated rings. The maximum atomic E-state index is 7.67. The van der Waals surface area contributed by atoms with Crippen LogP contribution < -0.4 is 0 Å². The third-order valence-electron chi connectivity index (χ3n) is 2.30. The average molecular weight is 190 g/mol. The first-order chi connectivity index (χ1) is 6.63. The molecule has 0 bridgehead atoms. The standard InChI is InChI=1S/C12H18N2/c1-4-12(13)14(3)9-11-7-5-6-10(2)8-11/h5-8,13H,4,9H2,1-3H3. The molecule has 1 N–H and O–H groups in total. The minimum absolute atomic E-state index is 0.687. The van der Waals surface area contributed by atoms with Crippen molar-refractivity contribution in [1.82, 2.24) is 4.90 Å². The summed E-state index contributed by atoms with van der Waals surface area (Å²) < 4.78 is 0. The van der Waals surface area contributed by atoms with Gasteiger partial charge in [0.25, 0.3) is 0 Å². The van der Waals surface area contributed by atoms with Crippen LogP contribution in [0.4, 0.5) is 0 Å². The Bertz CT molecular complexity index is 318. The second-order valence-electron chi connectivity index (χ2n) is 3.65. The number of nitrogens with zero attached hydrogens (tertiary/aromatic N) is 1. The van der Waals surface area contributed by atoms with Crippen LogP contribution in [-0.2, 0) is 6.54 Å². The van der Waals surface area contributed by atoms with Gasteiger partial charge in [-0.15, -0.1) is 0 Å². The molecule has 2 nitrogen and oxygen atoms in total. The number of rotatable bonds is 3. The smallest absolute Gasteiger partial charge is 0.0955 e. The van der Waals surface area contributed by atoms with Gasteiger partial charge in [-0.05, 0) is 12.5 Å². The van der Waals surface area contributed by atoms with Crippen molar-refractivity contribution in [3.05, 3.63) is 35.4 Å². The second-order valence-corrected chi connectivity index (χ2v) is 3.65. The molecule has 0 saturated heterocycles. The van der Waals surface area contributed by atoms with E-state index in [4.69, 9.17) is 5.41 Å². The van der Waals surface area contributed by atoms with Gasteiger partial charge in [0.15, 0.2) is 0 Å². The predicted octanol–water partition coefficient (Wildman–Crippen LogP) is 2.81. The molecule has 1 aromatic rings. The maximum absolute atomic E-state index is 7.67. The number of aryl methyl sites for hydroxylation is 1. The van der Waals surface area contributed by atoms with E-state index < -0.39 is 0 Å². The van der Waals surface area contributed by atoms with Gasteiger partial charge in [-0.2, -0.15) is 0 Å². The maximum Gasteiger partial charge on any atom is 0.0955 e. The lowest BCUT2D eigenvalue weighted by molar-refractivity contribution is 0.487. The third-order valence-corrected chi connectivity index (χ3v) is 2.30. The Hall–Kier alpha value is -1.31. The number of amidine groups is 1. The summed E-state index contributed by atoms with van der Waals surface area (Å²) in [4.78, 5) is 1.98. The van der Waals surface area contributed by atoms with E-state index >= 15 is 0 Å². The van der Waals surface area contributed by atoms with E-state index in [0.29, 0.717) is 5.84 Å². The first-order valence-corrected chi connectivity index (χ1v) is 4.97. The van der Waals surface area contributed by atoms with Crippen molar-refractivity contribution < 1.29 is 0 Å². The van der Waals surface area contributed by atoms with Gasteiger partial charge in [0.05, 0.1) is 5.84 Å². The Balaban J connectivity index is 2.64. The normalized spacial score (nSPS) is 9.93. The Morgan fingerprint density at radius 1 is 1.43 bits per heavy atom. The predicted molar refractivity (Wildman–Crippen MR) is 60.7 cm³/mol. The largest absolute Gasteiger partial charge is 0.359 e. The molecule has 0 aliphatic rings. The molecule has 14 heavy (non-hydrogen) atoms. The molecule has 0 heterocycles. The molecular weight excluding hydrogens is 172 g/mol. The lowest BCUT2D eigenvalue weighted by atomic mass is 10.1. The van der Waals surface area contributed by atoms with Gasteiger partial charge in [-0.1, -0.05) is 36.8 Å². The molecule has 0 atom stereocenters. The summed E-state index contributed by atoms with van der Waals surface area (Å²) in [7, 11) is 1.97. The molecule has 0 radical (unpaired) electrons. The van der Waals surface area contributed by atoms with Gasteiger partial charge < -0.3 is 4.90 Å². The highest BCUT2D eigenvalue weighted by molar-refractivity contribution is 5.78. The first kappa shape index (κ1) is 10.8. The Morgan fingerprint density at radius 3 is 2.71 bits per heavy atom. The quantitative estimate of drug-likeness (QED) is 0.576. The molecular formula is C12H18N2. The van der Waals surface area contributed by atoms with Crippen molar-refractivity contribution in [3.8, 4) is 0 Å². The Morgan fingerprint density at radius 2 is 2.14 bits per heavy atom. The number of hydrogen-bond acceptors (Lipinski definition) is 1. The number of hydrogen-bond donors (Lipinski definition) is 1. The van der Waals surface area contributed by atoms with Crippen molar-refractivity contribution in [2.45, 2.75) is 26.8 Å². The fraction of sp³-hybridized carbons (Fsp3) is 0.417. The summed E-state index contributed by atoms with van der Waals surface area (Å²) in [5.41, 5.74) is 2.55. The molecule has 76 valence electrons. The van der Waals surface area contributed by atoms with Crippen LogP contribution in [0.1, 0.15) is 24.5 Å². The van der Waals surface area contributed by atoms with Crippen molar-refractivity contribution in [2.24, 2.45) is 0 Å².